The molecule has 198 valence electrons. The lowest BCUT2D eigenvalue weighted by Gasteiger charge is -2.20. The molecule has 1 atom stereocenters. The number of alkyl halides is 6. The van der Waals surface area contributed by atoms with E-state index in [0.29, 0.717) is 18.2 Å². The summed E-state index contributed by atoms with van der Waals surface area (Å²) in [7, 11) is 1.14. The van der Waals surface area contributed by atoms with E-state index >= 15 is 0 Å². The van der Waals surface area contributed by atoms with Crippen molar-refractivity contribution in [1.82, 2.24) is 0 Å². The Morgan fingerprint density at radius 1 is 0.703 bits per heavy atom. The number of hydrogen-bond donors (Lipinski definition) is 0. The van der Waals surface area contributed by atoms with E-state index in [9.17, 15) is 39.9 Å². The molecule has 3 aromatic rings. The van der Waals surface area contributed by atoms with Crippen molar-refractivity contribution in [3.63, 3.8) is 0 Å². The van der Waals surface area contributed by atoms with Crippen LogP contribution >= 0.6 is 0 Å². The predicted molar refractivity (Wildman–Crippen MR) is 121 cm³/mol. The van der Waals surface area contributed by atoms with E-state index in [1.165, 1.54) is 18.2 Å². The Kier molecular flexibility index (Phi) is 8.00. The first kappa shape index (κ1) is 28.1. The van der Waals surface area contributed by atoms with Gasteiger partial charge in [0.1, 0.15) is 11.6 Å². The van der Waals surface area contributed by atoms with Gasteiger partial charge in [-0.25, -0.2) is 8.78 Å². The number of rotatable bonds is 6. The number of esters is 1. The van der Waals surface area contributed by atoms with Crippen LogP contribution < -0.4 is 0 Å². The molecule has 0 aliphatic carbocycles. The van der Waals surface area contributed by atoms with E-state index < -0.39 is 52.6 Å². The van der Waals surface area contributed by atoms with Crippen LogP contribution in [0.5, 0.6) is 0 Å². The fourth-order valence-corrected chi connectivity index (χ4v) is 4.01. The minimum atomic E-state index is -5.08. The summed E-state index contributed by atoms with van der Waals surface area (Å²) in [4.78, 5) is 12.6. The fraction of sp³-hybridized carbons (Fsp3) is 0.296. The van der Waals surface area contributed by atoms with E-state index in [-0.39, 0.29) is 40.7 Å². The van der Waals surface area contributed by atoms with E-state index in [2.05, 4.69) is 0 Å². The van der Waals surface area contributed by atoms with Crippen LogP contribution in [0.2, 0.25) is 0 Å². The number of ether oxygens (including phenoxy) is 1. The summed E-state index contributed by atoms with van der Waals surface area (Å²) < 4.78 is 114. The zero-order chi connectivity index (χ0) is 27.7. The van der Waals surface area contributed by atoms with Crippen molar-refractivity contribution >= 4 is 5.97 Å². The standard InChI is InChI=1S/C27H22F8O2/c1-14(2)4-24(25(36)37-3)19-6-15(5-16(7-19)18-10-22(28)13-23(29)11-18)17-8-20(26(30,31)32)12-21(9-17)27(33,34)35/h5-14,24H,4H2,1-3H3. The largest absolute Gasteiger partial charge is 0.469 e. The van der Waals surface area contributed by atoms with Gasteiger partial charge in [0.05, 0.1) is 24.2 Å². The highest BCUT2D eigenvalue weighted by Gasteiger charge is 2.37. The molecule has 0 aliphatic rings. The molecule has 0 heterocycles. The highest BCUT2D eigenvalue weighted by atomic mass is 19.4. The van der Waals surface area contributed by atoms with Gasteiger partial charge in [-0.15, -0.1) is 0 Å². The number of carbonyl (C=O) groups is 1. The summed E-state index contributed by atoms with van der Waals surface area (Å²) >= 11 is 0. The maximum atomic E-state index is 14.0. The van der Waals surface area contributed by atoms with Gasteiger partial charge in [0.15, 0.2) is 0 Å². The second-order valence-corrected chi connectivity index (χ2v) is 9.00. The van der Waals surface area contributed by atoms with Gasteiger partial charge in [-0.2, -0.15) is 26.3 Å². The van der Waals surface area contributed by atoms with Crippen molar-refractivity contribution in [2.24, 2.45) is 5.92 Å². The molecule has 0 saturated heterocycles. The summed E-state index contributed by atoms with van der Waals surface area (Å²) in [5.74, 6) is -3.54. The molecule has 3 aromatic carbocycles. The first-order valence-electron chi connectivity index (χ1n) is 11.1. The van der Waals surface area contributed by atoms with Gasteiger partial charge >= 0.3 is 18.3 Å². The van der Waals surface area contributed by atoms with Crippen LogP contribution in [0.25, 0.3) is 22.3 Å². The summed E-state index contributed by atoms with van der Waals surface area (Å²) in [6, 6.07) is 7.60. The number of halogens is 8. The third-order valence-corrected chi connectivity index (χ3v) is 5.67. The van der Waals surface area contributed by atoms with Gasteiger partial charge in [-0.3, -0.25) is 4.79 Å². The maximum Gasteiger partial charge on any atom is 0.416 e. The predicted octanol–water partition coefficient (Wildman–Crippen LogP) is 8.64. The van der Waals surface area contributed by atoms with Gasteiger partial charge in [-0.05, 0) is 76.6 Å². The van der Waals surface area contributed by atoms with E-state index in [1.807, 2.05) is 13.8 Å². The first-order valence-corrected chi connectivity index (χ1v) is 11.1. The normalized spacial score (nSPS) is 13.1. The molecule has 3 rings (SSSR count). The second kappa shape index (κ2) is 10.5. The molecule has 0 saturated carbocycles. The quantitative estimate of drug-likeness (QED) is 0.236. The van der Waals surface area contributed by atoms with Crippen LogP contribution in [0.1, 0.15) is 42.9 Å². The molecule has 0 amide bonds. The van der Waals surface area contributed by atoms with Crippen molar-refractivity contribution in [3.05, 3.63) is 82.9 Å². The SMILES string of the molecule is COC(=O)C(CC(C)C)c1cc(-c2cc(F)cc(F)c2)cc(-c2cc(C(F)(F)F)cc(C(F)(F)F)c2)c1. The van der Waals surface area contributed by atoms with Crippen LogP contribution in [-0.2, 0) is 21.9 Å². The molecule has 0 fully saturated rings. The average molecular weight is 530 g/mol. The van der Waals surface area contributed by atoms with Crippen molar-refractivity contribution < 1.29 is 44.7 Å². The number of carbonyl (C=O) groups excluding carboxylic acids is 1. The van der Waals surface area contributed by atoms with Crippen LogP contribution in [0, 0.1) is 17.6 Å². The Morgan fingerprint density at radius 2 is 1.14 bits per heavy atom. The minimum absolute atomic E-state index is 0.00618. The lowest BCUT2D eigenvalue weighted by Crippen LogP contribution is -2.16. The number of benzene rings is 3. The lowest BCUT2D eigenvalue weighted by molar-refractivity contribution is -0.144. The van der Waals surface area contributed by atoms with Crippen molar-refractivity contribution in [1.29, 1.82) is 0 Å². The van der Waals surface area contributed by atoms with Crippen LogP contribution in [0.15, 0.2) is 54.6 Å². The first-order chi connectivity index (χ1) is 17.1. The molecule has 0 radical (unpaired) electrons. The van der Waals surface area contributed by atoms with Gasteiger partial charge in [0, 0.05) is 6.07 Å². The number of hydrogen-bond acceptors (Lipinski definition) is 2. The van der Waals surface area contributed by atoms with E-state index in [0.717, 1.165) is 19.2 Å². The van der Waals surface area contributed by atoms with E-state index in [4.69, 9.17) is 4.74 Å². The Bertz CT molecular complexity index is 1240. The highest BCUT2D eigenvalue weighted by Crippen LogP contribution is 2.40. The third-order valence-electron chi connectivity index (χ3n) is 5.67. The molecule has 0 spiro atoms. The number of methoxy groups -OCH3 is 1. The molecule has 2 nitrogen and oxygen atoms in total. The molecule has 0 aromatic heterocycles. The highest BCUT2D eigenvalue weighted by molar-refractivity contribution is 5.82. The molecule has 10 heteroatoms. The summed E-state index contributed by atoms with van der Waals surface area (Å²) in [5, 5.41) is 0. The Morgan fingerprint density at radius 3 is 1.54 bits per heavy atom. The molecule has 0 bridgehead atoms. The van der Waals surface area contributed by atoms with Gasteiger partial charge < -0.3 is 4.74 Å². The van der Waals surface area contributed by atoms with Crippen molar-refractivity contribution in [2.45, 2.75) is 38.5 Å². The topological polar surface area (TPSA) is 26.3 Å². The van der Waals surface area contributed by atoms with Crippen LogP contribution in [0.4, 0.5) is 35.1 Å². The third kappa shape index (κ3) is 6.87. The van der Waals surface area contributed by atoms with Gasteiger partial charge in [-0.1, -0.05) is 26.0 Å². The van der Waals surface area contributed by atoms with Gasteiger partial charge in [0.25, 0.3) is 0 Å². The summed E-state index contributed by atoms with van der Waals surface area (Å²) in [5.41, 5.74) is -3.29. The Labute approximate surface area is 207 Å². The maximum absolute atomic E-state index is 14.0. The molecule has 1 unspecified atom stereocenters. The zero-order valence-corrected chi connectivity index (χ0v) is 19.9. The Hall–Kier alpha value is -3.43. The van der Waals surface area contributed by atoms with Crippen molar-refractivity contribution in [3.8, 4) is 22.3 Å². The minimum Gasteiger partial charge on any atom is -0.469 e. The average Bonchev–Trinajstić information content (AvgIpc) is 2.79. The van der Waals surface area contributed by atoms with Crippen molar-refractivity contribution in [2.75, 3.05) is 7.11 Å². The monoisotopic (exact) mass is 530 g/mol. The smallest absolute Gasteiger partial charge is 0.416 e. The molecule has 37 heavy (non-hydrogen) atoms. The molecule has 0 aliphatic heterocycles. The molecule has 0 N–H and O–H groups in total. The summed E-state index contributed by atoms with van der Waals surface area (Å²) in [6.45, 7) is 3.62. The lowest BCUT2D eigenvalue weighted by atomic mass is 9.86. The van der Waals surface area contributed by atoms with Gasteiger partial charge in [0.2, 0.25) is 0 Å². The fourth-order valence-electron chi connectivity index (χ4n) is 4.01. The zero-order valence-electron chi connectivity index (χ0n) is 19.9. The van der Waals surface area contributed by atoms with Crippen LogP contribution in [0.3, 0.4) is 0 Å². The second-order valence-electron chi connectivity index (χ2n) is 9.00. The van der Waals surface area contributed by atoms with Crippen LogP contribution in [-0.4, -0.2) is 13.1 Å². The molecular weight excluding hydrogens is 508 g/mol. The summed E-state index contributed by atoms with van der Waals surface area (Å²) in [6.07, 6.45) is -9.91. The molecular formula is C27H22F8O2. The Balaban J connectivity index is 2.35. The van der Waals surface area contributed by atoms with E-state index in [1.54, 1.807) is 0 Å².